The molecule has 1 aliphatic heterocycles. The van der Waals surface area contributed by atoms with Crippen LogP contribution in [0.1, 0.15) is 19.8 Å². The van der Waals surface area contributed by atoms with Gasteiger partial charge >= 0.3 is 0 Å². The van der Waals surface area contributed by atoms with E-state index in [0.717, 1.165) is 25.9 Å². The van der Waals surface area contributed by atoms with Crippen molar-refractivity contribution in [1.82, 2.24) is 10.2 Å². The number of aliphatic hydroxyl groups excluding tert-OH is 1. The molecule has 1 heterocycles. The standard InChI is InChI=1S/C10H21N3O2/c1-8(7-14)12-10(15)6-13-4-2-3-9(11)5-13/h8-9,14H,2-7,11H2,1H3,(H,12,15). The van der Waals surface area contributed by atoms with E-state index in [-0.39, 0.29) is 24.6 Å². The lowest BCUT2D eigenvalue weighted by molar-refractivity contribution is -0.123. The molecule has 88 valence electrons. The number of amides is 1. The fourth-order valence-corrected chi connectivity index (χ4v) is 1.80. The first-order chi connectivity index (χ1) is 7.11. The SMILES string of the molecule is CC(CO)NC(=O)CN1CCCC(N)C1. The summed E-state index contributed by atoms with van der Waals surface area (Å²) in [7, 11) is 0. The number of hydrogen-bond donors (Lipinski definition) is 3. The minimum Gasteiger partial charge on any atom is -0.394 e. The van der Waals surface area contributed by atoms with E-state index in [1.54, 1.807) is 6.92 Å². The molecular formula is C10H21N3O2. The third kappa shape index (κ3) is 4.59. The van der Waals surface area contributed by atoms with Crippen LogP contribution in [-0.4, -0.2) is 54.2 Å². The maximum atomic E-state index is 11.5. The van der Waals surface area contributed by atoms with Crippen molar-refractivity contribution in [3.05, 3.63) is 0 Å². The number of carbonyl (C=O) groups is 1. The van der Waals surface area contributed by atoms with Crippen molar-refractivity contribution in [3.8, 4) is 0 Å². The number of nitrogens with one attached hydrogen (secondary N) is 1. The van der Waals surface area contributed by atoms with Gasteiger partial charge in [-0.05, 0) is 26.3 Å². The minimum atomic E-state index is -0.170. The summed E-state index contributed by atoms with van der Waals surface area (Å²) in [5.74, 6) is -0.0364. The van der Waals surface area contributed by atoms with E-state index in [4.69, 9.17) is 10.8 Å². The number of nitrogens with zero attached hydrogens (tertiary/aromatic N) is 1. The normalized spacial score (nSPS) is 24.9. The van der Waals surface area contributed by atoms with E-state index in [1.165, 1.54) is 0 Å². The van der Waals surface area contributed by atoms with Gasteiger partial charge in [0.2, 0.25) is 5.91 Å². The molecular weight excluding hydrogens is 194 g/mol. The Morgan fingerprint density at radius 1 is 1.73 bits per heavy atom. The average molecular weight is 215 g/mol. The number of aliphatic hydroxyl groups is 1. The molecule has 2 unspecified atom stereocenters. The molecule has 1 fully saturated rings. The second kappa shape index (κ2) is 6.05. The van der Waals surface area contributed by atoms with E-state index in [1.807, 2.05) is 0 Å². The van der Waals surface area contributed by atoms with Crippen LogP contribution in [0, 0.1) is 0 Å². The monoisotopic (exact) mass is 215 g/mol. The molecule has 0 aromatic heterocycles. The summed E-state index contributed by atoms with van der Waals surface area (Å²) in [6, 6.07) is 0.0257. The molecule has 5 nitrogen and oxygen atoms in total. The van der Waals surface area contributed by atoms with Crippen molar-refractivity contribution in [2.24, 2.45) is 5.73 Å². The quantitative estimate of drug-likeness (QED) is 0.556. The van der Waals surface area contributed by atoms with Gasteiger partial charge < -0.3 is 16.2 Å². The van der Waals surface area contributed by atoms with Gasteiger partial charge in [-0.3, -0.25) is 9.69 Å². The highest BCUT2D eigenvalue weighted by atomic mass is 16.3. The van der Waals surface area contributed by atoms with Gasteiger partial charge in [0.25, 0.3) is 0 Å². The Hall–Kier alpha value is -0.650. The molecule has 1 rings (SSSR count). The molecule has 1 amide bonds. The summed E-state index contributed by atoms with van der Waals surface area (Å²) >= 11 is 0. The fourth-order valence-electron chi connectivity index (χ4n) is 1.80. The minimum absolute atomic E-state index is 0.0226. The van der Waals surface area contributed by atoms with Crippen molar-refractivity contribution >= 4 is 5.91 Å². The Bertz CT molecular complexity index is 211. The Labute approximate surface area is 90.6 Å². The highest BCUT2D eigenvalue weighted by molar-refractivity contribution is 5.78. The summed E-state index contributed by atoms with van der Waals surface area (Å²) in [5.41, 5.74) is 5.81. The van der Waals surface area contributed by atoms with Crippen LogP contribution in [0.2, 0.25) is 0 Å². The Morgan fingerprint density at radius 2 is 2.47 bits per heavy atom. The first-order valence-electron chi connectivity index (χ1n) is 5.50. The molecule has 15 heavy (non-hydrogen) atoms. The van der Waals surface area contributed by atoms with Gasteiger partial charge in [-0.15, -0.1) is 0 Å². The highest BCUT2D eigenvalue weighted by Crippen LogP contribution is 2.07. The summed E-state index contributed by atoms with van der Waals surface area (Å²) in [6.07, 6.45) is 2.11. The third-order valence-electron chi connectivity index (χ3n) is 2.59. The maximum Gasteiger partial charge on any atom is 0.234 e. The third-order valence-corrected chi connectivity index (χ3v) is 2.59. The molecule has 5 heteroatoms. The van der Waals surface area contributed by atoms with Gasteiger partial charge in [0.05, 0.1) is 13.2 Å². The summed E-state index contributed by atoms with van der Waals surface area (Å²) in [5, 5.41) is 11.5. The predicted molar refractivity (Wildman–Crippen MR) is 58.3 cm³/mol. The van der Waals surface area contributed by atoms with Crippen molar-refractivity contribution in [3.63, 3.8) is 0 Å². The van der Waals surface area contributed by atoms with E-state index >= 15 is 0 Å². The van der Waals surface area contributed by atoms with Crippen molar-refractivity contribution in [2.45, 2.75) is 31.8 Å². The summed E-state index contributed by atoms with van der Waals surface area (Å²) in [6.45, 7) is 3.87. The molecule has 1 aliphatic rings. The summed E-state index contributed by atoms with van der Waals surface area (Å²) in [4.78, 5) is 13.5. The summed E-state index contributed by atoms with van der Waals surface area (Å²) < 4.78 is 0. The van der Waals surface area contributed by atoms with Crippen LogP contribution in [-0.2, 0) is 4.79 Å². The molecule has 0 bridgehead atoms. The van der Waals surface area contributed by atoms with Crippen LogP contribution in [0.15, 0.2) is 0 Å². The average Bonchev–Trinajstić information content (AvgIpc) is 2.17. The molecule has 0 aliphatic carbocycles. The van der Waals surface area contributed by atoms with E-state index in [2.05, 4.69) is 10.2 Å². The lowest BCUT2D eigenvalue weighted by Crippen LogP contribution is -2.48. The predicted octanol–water partition coefficient (Wildman–Crippen LogP) is -1.09. The second-order valence-corrected chi connectivity index (χ2v) is 4.29. The first kappa shape index (κ1) is 12.4. The van der Waals surface area contributed by atoms with Crippen molar-refractivity contribution < 1.29 is 9.90 Å². The van der Waals surface area contributed by atoms with Gasteiger partial charge in [-0.25, -0.2) is 0 Å². The smallest absolute Gasteiger partial charge is 0.234 e. The van der Waals surface area contributed by atoms with E-state index < -0.39 is 0 Å². The van der Waals surface area contributed by atoms with Gasteiger partial charge in [-0.2, -0.15) is 0 Å². The van der Waals surface area contributed by atoms with Crippen LogP contribution in [0.3, 0.4) is 0 Å². The largest absolute Gasteiger partial charge is 0.394 e. The Balaban J connectivity index is 2.24. The van der Waals surface area contributed by atoms with Gasteiger partial charge in [0.1, 0.15) is 0 Å². The van der Waals surface area contributed by atoms with Gasteiger partial charge in [0.15, 0.2) is 0 Å². The van der Waals surface area contributed by atoms with Gasteiger partial charge in [-0.1, -0.05) is 0 Å². The molecule has 0 saturated carbocycles. The van der Waals surface area contributed by atoms with Crippen molar-refractivity contribution in [1.29, 1.82) is 0 Å². The van der Waals surface area contributed by atoms with E-state index in [0.29, 0.717) is 6.54 Å². The lowest BCUT2D eigenvalue weighted by atomic mass is 10.1. The number of piperidine rings is 1. The fraction of sp³-hybridized carbons (Fsp3) is 0.900. The second-order valence-electron chi connectivity index (χ2n) is 4.29. The van der Waals surface area contributed by atoms with Crippen molar-refractivity contribution in [2.75, 3.05) is 26.2 Å². The molecule has 0 spiro atoms. The Kier molecular flexibility index (Phi) is 5.01. The van der Waals surface area contributed by atoms with Gasteiger partial charge in [0, 0.05) is 18.6 Å². The maximum absolute atomic E-state index is 11.5. The molecule has 0 aromatic carbocycles. The van der Waals surface area contributed by atoms with Crippen LogP contribution < -0.4 is 11.1 Å². The first-order valence-corrected chi connectivity index (χ1v) is 5.50. The number of rotatable bonds is 4. The molecule has 1 saturated heterocycles. The number of nitrogens with two attached hydrogens (primary N) is 1. The molecule has 0 radical (unpaired) electrons. The lowest BCUT2D eigenvalue weighted by Gasteiger charge is -2.30. The zero-order valence-corrected chi connectivity index (χ0v) is 9.28. The number of carbonyl (C=O) groups excluding carboxylic acids is 1. The van der Waals surface area contributed by atoms with Crippen LogP contribution >= 0.6 is 0 Å². The van der Waals surface area contributed by atoms with Crippen LogP contribution in [0.5, 0.6) is 0 Å². The van der Waals surface area contributed by atoms with E-state index in [9.17, 15) is 4.79 Å². The highest BCUT2D eigenvalue weighted by Gasteiger charge is 2.19. The molecule has 0 aromatic rings. The van der Waals surface area contributed by atoms with Crippen LogP contribution in [0.25, 0.3) is 0 Å². The van der Waals surface area contributed by atoms with Crippen LogP contribution in [0.4, 0.5) is 0 Å². The molecule has 2 atom stereocenters. The molecule has 4 N–H and O–H groups in total. The number of likely N-dealkylation sites (tertiary alicyclic amines) is 1. The Morgan fingerprint density at radius 3 is 3.07 bits per heavy atom. The number of hydrogen-bond acceptors (Lipinski definition) is 4. The zero-order chi connectivity index (χ0) is 11.3. The zero-order valence-electron chi connectivity index (χ0n) is 9.28. The topological polar surface area (TPSA) is 78.6 Å².